The van der Waals surface area contributed by atoms with E-state index in [1.54, 1.807) is 0 Å². The van der Waals surface area contributed by atoms with Crippen molar-refractivity contribution >= 4 is 28.4 Å². The highest BCUT2D eigenvalue weighted by molar-refractivity contribution is 5.99. The number of aromatic nitrogens is 1. The smallest absolute Gasteiger partial charge is 0.247 e. The van der Waals surface area contributed by atoms with Gasteiger partial charge in [0.25, 0.3) is 0 Å². The number of benzene rings is 2. The Morgan fingerprint density at radius 1 is 1.22 bits per heavy atom. The minimum atomic E-state index is -0.851. The lowest BCUT2D eigenvalue weighted by atomic mass is 10.1. The average molecular weight is 369 g/mol. The minimum Gasteiger partial charge on any atom is -0.361 e. The summed E-state index contributed by atoms with van der Waals surface area (Å²) in [6, 6.07) is 9.96. The molecule has 1 unspecified atom stereocenters. The standard InChI is InChI=1S/C20H17F2N3O2/c21-13-5-6-17(15(22)9-13)24-20(27)18-7-8-19(26)25(18)11-12-10-23-16-4-2-1-3-14(12)16/h1-6,9-10,18,23H,7-8,11H2,(H,24,27). The van der Waals surface area contributed by atoms with E-state index in [0.29, 0.717) is 12.5 Å². The van der Waals surface area contributed by atoms with Crippen molar-refractivity contribution in [1.29, 1.82) is 0 Å². The van der Waals surface area contributed by atoms with Crippen LogP contribution in [0.1, 0.15) is 18.4 Å². The quantitative estimate of drug-likeness (QED) is 0.738. The third kappa shape index (κ3) is 3.28. The van der Waals surface area contributed by atoms with E-state index in [9.17, 15) is 18.4 Å². The molecule has 2 N–H and O–H groups in total. The van der Waals surface area contributed by atoms with Gasteiger partial charge in [-0.25, -0.2) is 8.78 Å². The first kappa shape index (κ1) is 17.2. The maximum absolute atomic E-state index is 13.8. The van der Waals surface area contributed by atoms with E-state index in [1.165, 1.54) is 11.0 Å². The third-order valence-corrected chi connectivity index (χ3v) is 4.84. The Labute approximate surface area is 154 Å². The van der Waals surface area contributed by atoms with E-state index in [1.807, 2.05) is 30.5 Å². The summed E-state index contributed by atoms with van der Waals surface area (Å²) in [6.07, 6.45) is 2.44. The molecule has 0 bridgehead atoms. The normalized spacial score (nSPS) is 16.9. The zero-order valence-corrected chi connectivity index (χ0v) is 14.3. The number of halogens is 2. The Morgan fingerprint density at radius 3 is 2.85 bits per heavy atom. The second-order valence-corrected chi connectivity index (χ2v) is 6.55. The molecule has 0 aliphatic carbocycles. The van der Waals surface area contributed by atoms with Crippen LogP contribution in [-0.2, 0) is 16.1 Å². The minimum absolute atomic E-state index is 0.104. The number of fused-ring (bicyclic) bond motifs is 1. The van der Waals surface area contributed by atoms with Crippen LogP contribution in [0.5, 0.6) is 0 Å². The van der Waals surface area contributed by atoms with Gasteiger partial charge in [-0.1, -0.05) is 18.2 Å². The Bertz CT molecular complexity index is 1030. The molecule has 1 aliphatic heterocycles. The lowest BCUT2D eigenvalue weighted by Gasteiger charge is -2.24. The van der Waals surface area contributed by atoms with Gasteiger partial charge < -0.3 is 15.2 Å². The van der Waals surface area contributed by atoms with Gasteiger partial charge in [-0.2, -0.15) is 0 Å². The number of nitrogens with zero attached hydrogens (tertiary/aromatic N) is 1. The lowest BCUT2D eigenvalue weighted by molar-refractivity contribution is -0.133. The molecule has 2 aromatic carbocycles. The Hall–Kier alpha value is -3.22. The Kier molecular flexibility index (Phi) is 4.35. The van der Waals surface area contributed by atoms with Gasteiger partial charge in [-0.05, 0) is 30.2 Å². The number of aromatic amines is 1. The third-order valence-electron chi connectivity index (χ3n) is 4.84. The molecule has 0 radical (unpaired) electrons. The van der Waals surface area contributed by atoms with E-state index in [2.05, 4.69) is 10.3 Å². The number of rotatable bonds is 4. The van der Waals surface area contributed by atoms with Crippen molar-refractivity contribution in [2.75, 3.05) is 5.32 Å². The van der Waals surface area contributed by atoms with Crippen molar-refractivity contribution in [2.24, 2.45) is 0 Å². The predicted octanol–water partition coefficient (Wildman–Crippen LogP) is 3.58. The summed E-state index contributed by atoms with van der Waals surface area (Å²) in [4.78, 5) is 29.6. The van der Waals surface area contributed by atoms with Crippen LogP contribution in [0.25, 0.3) is 10.9 Å². The van der Waals surface area contributed by atoms with E-state index in [0.717, 1.165) is 22.5 Å². The zero-order valence-electron chi connectivity index (χ0n) is 14.3. The molecular weight excluding hydrogens is 352 g/mol. The van der Waals surface area contributed by atoms with Crippen LogP contribution in [0.15, 0.2) is 48.7 Å². The summed E-state index contributed by atoms with van der Waals surface area (Å²) in [6.45, 7) is 0.285. The Morgan fingerprint density at radius 2 is 2.04 bits per heavy atom. The number of carbonyl (C=O) groups excluding carboxylic acids is 2. The topological polar surface area (TPSA) is 65.2 Å². The van der Waals surface area contributed by atoms with Crippen molar-refractivity contribution in [1.82, 2.24) is 9.88 Å². The first-order chi connectivity index (χ1) is 13.0. The molecule has 2 amide bonds. The van der Waals surface area contributed by atoms with Crippen molar-refractivity contribution in [3.8, 4) is 0 Å². The molecule has 0 saturated carbocycles. The first-order valence-corrected chi connectivity index (χ1v) is 8.63. The van der Waals surface area contributed by atoms with E-state index in [4.69, 9.17) is 0 Å². The van der Waals surface area contributed by atoms with Crippen molar-refractivity contribution < 1.29 is 18.4 Å². The number of carbonyl (C=O) groups is 2. The molecular formula is C20H17F2N3O2. The molecule has 7 heteroatoms. The number of H-pyrrole nitrogens is 1. The number of anilines is 1. The average Bonchev–Trinajstić information content (AvgIpc) is 3.22. The molecule has 27 heavy (non-hydrogen) atoms. The van der Waals surface area contributed by atoms with Gasteiger partial charge in [0.1, 0.15) is 17.7 Å². The van der Waals surface area contributed by atoms with Crippen LogP contribution in [0.4, 0.5) is 14.5 Å². The molecule has 4 rings (SSSR count). The lowest BCUT2D eigenvalue weighted by Crippen LogP contribution is -2.41. The van der Waals surface area contributed by atoms with Crippen molar-refractivity contribution in [3.63, 3.8) is 0 Å². The molecule has 1 fully saturated rings. The van der Waals surface area contributed by atoms with Gasteiger partial charge >= 0.3 is 0 Å². The maximum atomic E-state index is 13.8. The zero-order chi connectivity index (χ0) is 19.0. The van der Waals surface area contributed by atoms with Crippen LogP contribution in [0.2, 0.25) is 0 Å². The number of hydrogen-bond acceptors (Lipinski definition) is 2. The van der Waals surface area contributed by atoms with Crippen LogP contribution in [-0.4, -0.2) is 27.7 Å². The SMILES string of the molecule is O=C(Nc1ccc(F)cc1F)C1CCC(=O)N1Cc1c[nH]c2ccccc12. The summed E-state index contributed by atoms with van der Waals surface area (Å²) in [7, 11) is 0. The predicted molar refractivity (Wildman–Crippen MR) is 96.9 cm³/mol. The number of likely N-dealkylation sites (tertiary alicyclic amines) is 1. The molecule has 2 heterocycles. The van der Waals surface area contributed by atoms with Gasteiger partial charge in [0.2, 0.25) is 11.8 Å². The van der Waals surface area contributed by atoms with Gasteiger partial charge in [0.05, 0.1) is 5.69 Å². The first-order valence-electron chi connectivity index (χ1n) is 8.63. The van der Waals surface area contributed by atoms with Crippen LogP contribution < -0.4 is 5.32 Å². The van der Waals surface area contributed by atoms with Crippen LogP contribution in [0, 0.1) is 11.6 Å². The fraction of sp³-hybridized carbons (Fsp3) is 0.200. The second-order valence-electron chi connectivity index (χ2n) is 6.55. The molecule has 1 atom stereocenters. The number of hydrogen-bond donors (Lipinski definition) is 2. The number of nitrogens with one attached hydrogen (secondary N) is 2. The molecule has 1 aromatic heterocycles. The van der Waals surface area contributed by atoms with Gasteiger partial charge in [0.15, 0.2) is 0 Å². The molecule has 0 spiro atoms. The fourth-order valence-corrected chi connectivity index (χ4v) is 3.46. The molecule has 1 saturated heterocycles. The van der Waals surface area contributed by atoms with E-state index >= 15 is 0 Å². The van der Waals surface area contributed by atoms with Gasteiger partial charge in [0, 0.05) is 36.1 Å². The largest absolute Gasteiger partial charge is 0.361 e. The highest BCUT2D eigenvalue weighted by Crippen LogP contribution is 2.26. The Balaban J connectivity index is 1.55. The highest BCUT2D eigenvalue weighted by Gasteiger charge is 2.36. The fourth-order valence-electron chi connectivity index (χ4n) is 3.46. The van der Waals surface area contributed by atoms with Crippen molar-refractivity contribution in [2.45, 2.75) is 25.4 Å². The van der Waals surface area contributed by atoms with Gasteiger partial charge in [-0.3, -0.25) is 9.59 Å². The molecule has 1 aliphatic rings. The van der Waals surface area contributed by atoms with Crippen molar-refractivity contribution in [3.05, 3.63) is 65.9 Å². The second kappa shape index (κ2) is 6.83. The van der Waals surface area contributed by atoms with E-state index < -0.39 is 23.6 Å². The van der Waals surface area contributed by atoms with Gasteiger partial charge in [-0.15, -0.1) is 0 Å². The monoisotopic (exact) mass is 369 g/mol. The summed E-state index contributed by atoms with van der Waals surface area (Å²) in [5.41, 5.74) is 1.76. The maximum Gasteiger partial charge on any atom is 0.247 e. The summed E-state index contributed by atoms with van der Waals surface area (Å²) >= 11 is 0. The molecule has 5 nitrogen and oxygen atoms in total. The summed E-state index contributed by atoms with van der Waals surface area (Å²) in [5.74, 6) is -2.18. The number of para-hydroxylation sites is 1. The summed E-state index contributed by atoms with van der Waals surface area (Å²) < 4.78 is 26.8. The number of amides is 2. The molecule has 3 aromatic rings. The molecule has 138 valence electrons. The van der Waals surface area contributed by atoms with Crippen LogP contribution >= 0.6 is 0 Å². The van der Waals surface area contributed by atoms with E-state index in [-0.39, 0.29) is 24.6 Å². The van der Waals surface area contributed by atoms with Crippen LogP contribution in [0.3, 0.4) is 0 Å². The summed E-state index contributed by atoms with van der Waals surface area (Å²) in [5, 5.41) is 3.45. The highest BCUT2D eigenvalue weighted by atomic mass is 19.1.